The van der Waals surface area contributed by atoms with E-state index in [4.69, 9.17) is 5.11 Å². The maximum atomic E-state index is 11.5. The number of benzene rings is 1. The van der Waals surface area contributed by atoms with Crippen molar-refractivity contribution in [1.82, 2.24) is 10.6 Å². The molecule has 96 valence electrons. The molecule has 1 aliphatic rings. The third-order valence-corrected chi connectivity index (χ3v) is 2.81. The van der Waals surface area contributed by atoms with Crippen LogP contribution >= 0.6 is 0 Å². The first-order chi connectivity index (χ1) is 8.65. The molecule has 0 spiro atoms. The standard InChI is InChI=1S/C13H16N2O3/c16-12(17)7-9-3-1-2-4-10(9)8-14-13(18)15-11-5-6-11/h1-4,11H,5-8H2,(H,16,17)(H2,14,15,18). The van der Waals surface area contributed by atoms with Crippen LogP contribution in [0.25, 0.3) is 0 Å². The number of carbonyl (C=O) groups is 2. The van der Waals surface area contributed by atoms with Crippen LogP contribution in [0.2, 0.25) is 0 Å². The van der Waals surface area contributed by atoms with E-state index < -0.39 is 5.97 Å². The predicted molar refractivity (Wildman–Crippen MR) is 66.2 cm³/mol. The van der Waals surface area contributed by atoms with Crippen molar-refractivity contribution in [1.29, 1.82) is 0 Å². The molecule has 0 saturated heterocycles. The summed E-state index contributed by atoms with van der Waals surface area (Å²) in [5.74, 6) is -0.870. The van der Waals surface area contributed by atoms with Crippen molar-refractivity contribution in [2.24, 2.45) is 0 Å². The van der Waals surface area contributed by atoms with Crippen LogP contribution in [0, 0.1) is 0 Å². The fourth-order valence-corrected chi connectivity index (χ4v) is 1.70. The van der Waals surface area contributed by atoms with Crippen LogP contribution in [0.3, 0.4) is 0 Å². The predicted octanol–water partition coefficient (Wildman–Crippen LogP) is 1.28. The van der Waals surface area contributed by atoms with Gasteiger partial charge < -0.3 is 15.7 Å². The van der Waals surface area contributed by atoms with E-state index in [0.717, 1.165) is 24.0 Å². The highest BCUT2D eigenvalue weighted by Crippen LogP contribution is 2.18. The van der Waals surface area contributed by atoms with E-state index in [1.54, 1.807) is 12.1 Å². The first-order valence-corrected chi connectivity index (χ1v) is 5.98. The van der Waals surface area contributed by atoms with Crippen molar-refractivity contribution < 1.29 is 14.7 Å². The Hall–Kier alpha value is -2.04. The Morgan fingerprint density at radius 2 is 1.89 bits per heavy atom. The summed E-state index contributed by atoms with van der Waals surface area (Å²) < 4.78 is 0. The summed E-state index contributed by atoms with van der Waals surface area (Å²) in [6, 6.07) is 7.36. The topological polar surface area (TPSA) is 78.4 Å². The van der Waals surface area contributed by atoms with Gasteiger partial charge in [0.25, 0.3) is 0 Å². The molecule has 5 nitrogen and oxygen atoms in total. The fourth-order valence-electron chi connectivity index (χ4n) is 1.70. The highest BCUT2D eigenvalue weighted by atomic mass is 16.4. The van der Waals surface area contributed by atoms with Crippen LogP contribution in [-0.4, -0.2) is 23.1 Å². The van der Waals surface area contributed by atoms with E-state index in [1.165, 1.54) is 0 Å². The van der Waals surface area contributed by atoms with E-state index in [-0.39, 0.29) is 12.5 Å². The Morgan fingerprint density at radius 1 is 1.22 bits per heavy atom. The SMILES string of the molecule is O=C(O)Cc1ccccc1CNC(=O)NC1CC1. The summed E-state index contributed by atoms with van der Waals surface area (Å²) in [5, 5.41) is 14.4. The van der Waals surface area contributed by atoms with Crippen molar-refractivity contribution in [3.63, 3.8) is 0 Å². The van der Waals surface area contributed by atoms with Crippen LogP contribution in [0.5, 0.6) is 0 Å². The van der Waals surface area contributed by atoms with Gasteiger partial charge in [-0.15, -0.1) is 0 Å². The lowest BCUT2D eigenvalue weighted by Gasteiger charge is -2.10. The first-order valence-electron chi connectivity index (χ1n) is 5.98. The van der Waals surface area contributed by atoms with Gasteiger partial charge in [0.15, 0.2) is 0 Å². The molecule has 2 amide bonds. The smallest absolute Gasteiger partial charge is 0.315 e. The molecular formula is C13H16N2O3. The van der Waals surface area contributed by atoms with Gasteiger partial charge >= 0.3 is 12.0 Å². The number of amides is 2. The zero-order chi connectivity index (χ0) is 13.0. The van der Waals surface area contributed by atoms with Crippen molar-refractivity contribution >= 4 is 12.0 Å². The number of urea groups is 1. The minimum absolute atomic E-state index is 0.0257. The molecular weight excluding hydrogens is 232 g/mol. The highest BCUT2D eigenvalue weighted by molar-refractivity contribution is 5.75. The number of hydrogen-bond donors (Lipinski definition) is 3. The van der Waals surface area contributed by atoms with Crippen molar-refractivity contribution in [3.05, 3.63) is 35.4 Å². The van der Waals surface area contributed by atoms with Crippen molar-refractivity contribution in [3.8, 4) is 0 Å². The second-order valence-corrected chi connectivity index (χ2v) is 4.44. The molecule has 5 heteroatoms. The Bertz CT molecular complexity index is 455. The zero-order valence-corrected chi connectivity index (χ0v) is 9.98. The molecule has 0 radical (unpaired) electrons. The van der Waals surface area contributed by atoms with Crippen LogP contribution < -0.4 is 10.6 Å². The lowest BCUT2D eigenvalue weighted by Crippen LogP contribution is -2.36. The molecule has 0 bridgehead atoms. The van der Waals surface area contributed by atoms with Crippen LogP contribution in [0.15, 0.2) is 24.3 Å². The summed E-state index contributed by atoms with van der Waals surface area (Å²) in [4.78, 5) is 22.2. The third kappa shape index (κ3) is 3.76. The van der Waals surface area contributed by atoms with Gasteiger partial charge in [0.2, 0.25) is 0 Å². The second-order valence-electron chi connectivity index (χ2n) is 4.44. The lowest BCUT2D eigenvalue weighted by molar-refractivity contribution is -0.136. The van der Waals surface area contributed by atoms with Gasteiger partial charge in [-0.25, -0.2) is 4.79 Å². The minimum atomic E-state index is -0.870. The second kappa shape index (κ2) is 5.53. The summed E-state index contributed by atoms with van der Waals surface area (Å²) in [6.07, 6.45) is 2.06. The molecule has 0 heterocycles. The number of rotatable bonds is 5. The molecule has 18 heavy (non-hydrogen) atoms. The molecule has 1 aliphatic carbocycles. The number of carboxylic acid groups (broad SMARTS) is 1. The van der Waals surface area contributed by atoms with Gasteiger partial charge in [-0.1, -0.05) is 24.3 Å². The van der Waals surface area contributed by atoms with Crippen LogP contribution in [0.4, 0.5) is 4.79 Å². The van der Waals surface area contributed by atoms with Gasteiger partial charge in [-0.3, -0.25) is 4.79 Å². The molecule has 1 aromatic carbocycles. The molecule has 3 N–H and O–H groups in total. The molecule has 1 saturated carbocycles. The summed E-state index contributed by atoms with van der Waals surface area (Å²) in [5.41, 5.74) is 1.57. The van der Waals surface area contributed by atoms with Crippen LogP contribution in [0.1, 0.15) is 24.0 Å². The average Bonchev–Trinajstić information content (AvgIpc) is 3.11. The molecule has 0 atom stereocenters. The first kappa shape index (κ1) is 12.4. The van der Waals surface area contributed by atoms with Crippen molar-refractivity contribution in [2.45, 2.75) is 31.8 Å². The number of carbonyl (C=O) groups excluding carboxylic acids is 1. The van der Waals surface area contributed by atoms with Crippen molar-refractivity contribution in [2.75, 3.05) is 0 Å². The molecule has 1 aromatic rings. The van der Waals surface area contributed by atoms with Gasteiger partial charge in [0, 0.05) is 12.6 Å². The quantitative estimate of drug-likeness (QED) is 0.734. The molecule has 2 rings (SSSR count). The van der Waals surface area contributed by atoms with E-state index in [0.29, 0.717) is 12.6 Å². The molecule has 0 aliphatic heterocycles. The van der Waals surface area contributed by atoms with E-state index >= 15 is 0 Å². The van der Waals surface area contributed by atoms with E-state index in [9.17, 15) is 9.59 Å². The average molecular weight is 248 g/mol. The Morgan fingerprint density at radius 3 is 2.50 bits per heavy atom. The Labute approximate surface area is 105 Å². The lowest BCUT2D eigenvalue weighted by atomic mass is 10.0. The number of aliphatic carboxylic acids is 1. The largest absolute Gasteiger partial charge is 0.481 e. The van der Waals surface area contributed by atoms with Gasteiger partial charge in [-0.05, 0) is 24.0 Å². The third-order valence-electron chi connectivity index (χ3n) is 2.81. The molecule has 1 fully saturated rings. The van der Waals surface area contributed by atoms with Gasteiger partial charge in [-0.2, -0.15) is 0 Å². The number of nitrogens with one attached hydrogen (secondary N) is 2. The fraction of sp³-hybridized carbons (Fsp3) is 0.385. The highest BCUT2D eigenvalue weighted by Gasteiger charge is 2.22. The monoisotopic (exact) mass is 248 g/mol. The van der Waals surface area contributed by atoms with Gasteiger partial charge in [0.05, 0.1) is 6.42 Å². The van der Waals surface area contributed by atoms with Gasteiger partial charge in [0.1, 0.15) is 0 Å². The molecule has 0 aromatic heterocycles. The normalized spacial score (nSPS) is 14.0. The summed E-state index contributed by atoms with van der Waals surface area (Å²) in [6.45, 7) is 0.349. The number of hydrogen-bond acceptors (Lipinski definition) is 2. The summed E-state index contributed by atoms with van der Waals surface area (Å²) >= 11 is 0. The maximum Gasteiger partial charge on any atom is 0.315 e. The Kier molecular flexibility index (Phi) is 3.82. The zero-order valence-electron chi connectivity index (χ0n) is 9.98. The van der Waals surface area contributed by atoms with E-state index in [1.807, 2.05) is 12.1 Å². The van der Waals surface area contributed by atoms with E-state index in [2.05, 4.69) is 10.6 Å². The maximum absolute atomic E-state index is 11.5. The number of carboxylic acids is 1. The van der Waals surface area contributed by atoms with Crippen LogP contribution in [-0.2, 0) is 17.8 Å². The minimum Gasteiger partial charge on any atom is -0.481 e. The Balaban J connectivity index is 1.90. The molecule has 0 unspecified atom stereocenters. The summed E-state index contributed by atoms with van der Waals surface area (Å²) in [7, 11) is 0.